The zero-order valence-corrected chi connectivity index (χ0v) is 12.9. The second kappa shape index (κ2) is 5.76. The normalized spacial score (nSPS) is 10.3. The molecule has 2 aromatic carbocycles. The second-order valence-electron chi connectivity index (χ2n) is 4.20. The molecule has 0 N–H and O–H groups in total. The molecule has 0 aliphatic heterocycles. The van der Waals surface area contributed by atoms with Crippen molar-refractivity contribution >= 4 is 33.5 Å². The molecular weight excluding hydrogens is 328 g/mol. The summed E-state index contributed by atoms with van der Waals surface area (Å²) in [6, 6.07) is 11.2. The third kappa shape index (κ3) is 3.17. The third-order valence-electron chi connectivity index (χ3n) is 2.74. The maximum absolute atomic E-state index is 11.8. The van der Waals surface area contributed by atoms with E-state index in [0.717, 1.165) is 21.2 Å². The van der Waals surface area contributed by atoms with Gasteiger partial charge in [0.2, 0.25) is 0 Å². The monoisotopic (exact) mass is 338 g/mol. The van der Waals surface area contributed by atoms with Crippen molar-refractivity contribution < 1.29 is 9.53 Å². The van der Waals surface area contributed by atoms with Gasteiger partial charge in [0, 0.05) is 9.50 Å². The number of halogens is 2. The quantitative estimate of drug-likeness (QED) is 0.730. The van der Waals surface area contributed by atoms with E-state index in [1.54, 1.807) is 12.1 Å². The number of hydrogen-bond donors (Lipinski definition) is 0. The number of aryl methyl sites for hydroxylation is 1. The topological polar surface area (TPSA) is 26.3 Å². The van der Waals surface area contributed by atoms with Gasteiger partial charge < -0.3 is 4.74 Å². The Morgan fingerprint density at radius 2 is 1.95 bits per heavy atom. The number of carbonyl (C=O) groups is 1. The highest BCUT2D eigenvalue weighted by Gasteiger charge is 2.14. The van der Waals surface area contributed by atoms with Crippen LogP contribution in [-0.4, -0.2) is 13.1 Å². The number of esters is 1. The van der Waals surface area contributed by atoms with Gasteiger partial charge in [0.05, 0.1) is 12.7 Å². The van der Waals surface area contributed by atoms with Gasteiger partial charge in [-0.2, -0.15) is 0 Å². The van der Waals surface area contributed by atoms with Gasteiger partial charge in [-0.3, -0.25) is 0 Å². The van der Waals surface area contributed by atoms with Crippen LogP contribution in [0, 0.1) is 6.92 Å². The minimum atomic E-state index is -0.393. The van der Waals surface area contributed by atoms with Crippen LogP contribution in [0.5, 0.6) is 0 Å². The summed E-state index contributed by atoms with van der Waals surface area (Å²) < 4.78 is 5.77. The Labute approximate surface area is 125 Å². The van der Waals surface area contributed by atoms with Gasteiger partial charge in [0.25, 0.3) is 0 Å². The van der Waals surface area contributed by atoms with Crippen molar-refractivity contribution in [3.63, 3.8) is 0 Å². The van der Waals surface area contributed by atoms with Gasteiger partial charge in [0.1, 0.15) is 0 Å². The van der Waals surface area contributed by atoms with E-state index in [0.29, 0.717) is 10.6 Å². The summed E-state index contributed by atoms with van der Waals surface area (Å²) >= 11 is 9.41. The van der Waals surface area contributed by atoms with Crippen molar-refractivity contribution in [1.29, 1.82) is 0 Å². The molecule has 0 saturated heterocycles. The summed E-state index contributed by atoms with van der Waals surface area (Å²) in [5, 5.41) is 0.510. The first-order chi connectivity index (χ1) is 9.01. The Bertz CT molecular complexity index is 618. The smallest absolute Gasteiger partial charge is 0.338 e. The van der Waals surface area contributed by atoms with Gasteiger partial charge in [0.15, 0.2) is 0 Å². The van der Waals surface area contributed by atoms with Crippen molar-refractivity contribution in [3.8, 4) is 11.1 Å². The van der Waals surface area contributed by atoms with Gasteiger partial charge in [-0.1, -0.05) is 39.7 Å². The van der Waals surface area contributed by atoms with E-state index in [-0.39, 0.29) is 0 Å². The molecule has 0 aromatic heterocycles. The predicted molar refractivity (Wildman–Crippen MR) is 80.7 cm³/mol. The summed E-state index contributed by atoms with van der Waals surface area (Å²) in [6.45, 7) is 2.00. The fraction of sp³-hybridized carbons (Fsp3) is 0.133. The van der Waals surface area contributed by atoms with E-state index >= 15 is 0 Å². The van der Waals surface area contributed by atoms with Crippen LogP contribution in [0.25, 0.3) is 11.1 Å². The average Bonchev–Trinajstić information content (AvgIpc) is 2.36. The van der Waals surface area contributed by atoms with Crippen LogP contribution in [0.4, 0.5) is 0 Å². The Kier molecular flexibility index (Phi) is 4.27. The third-order valence-corrected chi connectivity index (χ3v) is 3.43. The van der Waals surface area contributed by atoms with E-state index in [9.17, 15) is 4.79 Å². The molecule has 98 valence electrons. The highest BCUT2D eigenvalue weighted by atomic mass is 79.9. The largest absolute Gasteiger partial charge is 0.465 e. The molecular formula is C15H12BrClO2. The fourth-order valence-corrected chi connectivity index (χ4v) is 2.72. The molecule has 0 radical (unpaired) electrons. The van der Waals surface area contributed by atoms with Crippen molar-refractivity contribution in [2.75, 3.05) is 7.11 Å². The molecule has 0 aliphatic carbocycles. The molecule has 0 saturated carbocycles. The van der Waals surface area contributed by atoms with Crippen LogP contribution < -0.4 is 0 Å². The van der Waals surface area contributed by atoms with Gasteiger partial charge in [-0.15, -0.1) is 0 Å². The van der Waals surface area contributed by atoms with E-state index in [1.807, 2.05) is 31.2 Å². The summed E-state index contributed by atoms with van der Waals surface area (Å²) in [4.78, 5) is 11.8. The Hall–Kier alpha value is -1.32. The van der Waals surface area contributed by atoms with Gasteiger partial charge in [-0.25, -0.2) is 4.79 Å². The average molecular weight is 340 g/mol. The lowest BCUT2D eigenvalue weighted by molar-refractivity contribution is 0.0601. The lowest BCUT2D eigenvalue weighted by atomic mass is 9.98. The number of rotatable bonds is 2. The predicted octanol–water partition coefficient (Wildman–Crippen LogP) is 4.86. The number of ether oxygens (including phenoxy) is 1. The van der Waals surface area contributed by atoms with Gasteiger partial charge in [-0.05, 0) is 47.9 Å². The molecule has 2 nitrogen and oxygen atoms in total. The SMILES string of the molecule is COC(=O)c1cc(Cl)ccc1-c1cc(C)cc(Br)c1. The summed E-state index contributed by atoms with van der Waals surface area (Å²) in [7, 11) is 1.36. The molecule has 0 bridgehead atoms. The van der Waals surface area contributed by atoms with E-state index in [4.69, 9.17) is 16.3 Å². The van der Waals surface area contributed by atoms with E-state index in [1.165, 1.54) is 7.11 Å². The number of benzene rings is 2. The Morgan fingerprint density at radius 1 is 1.21 bits per heavy atom. The minimum absolute atomic E-state index is 0.393. The zero-order valence-electron chi connectivity index (χ0n) is 10.5. The van der Waals surface area contributed by atoms with E-state index in [2.05, 4.69) is 15.9 Å². The minimum Gasteiger partial charge on any atom is -0.465 e. The van der Waals surface area contributed by atoms with Crippen LogP contribution in [0.15, 0.2) is 40.9 Å². The van der Waals surface area contributed by atoms with Crippen molar-refractivity contribution in [1.82, 2.24) is 0 Å². The second-order valence-corrected chi connectivity index (χ2v) is 5.55. The highest BCUT2D eigenvalue weighted by Crippen LogP contribution is 2.30. The molecule has 0 unspecified atom stereocenters. The standard InChI is InChI=1S/C15H12BrClO2/c1-9-5-10(7-11(16)6-9)13-4-3-12(17)8-14(13)15(18)19-2/h3-8H,1-2H3. The summed E-state index contributed by atoms with van der Waals surface area (Å²) in [5.74, 6) is -0.393. The Morgan fingerprint density at radius 3 is 2.58 bits per heavy atom. The van der Waals surface area contributed by atoms with Crippen LogP contribution in [0.1, 0.15) is 15.9 Å². The number of hydrogen-bond acceptors (Lipinski definition) is 2. The molecule has 0 aliphatic rings. The lowest BCUT2D eigenvalue weighted by Gasteiger charge is -2.10. The maximum Gasteiger partial charge on any atom is 0.338 e. The van der Waals surface area contributed by atoms with Crippen LogP contribution >= 0.6 is 27.5 Å². The van der Waals surface area contributed by atoms with Crippen molar-refractivity contribution in [2.24, 2.45) is 0 Å². The molecule has 0 heterocycles. The van der Waals surface area contributed by atoms with Crippen LogP contribution in [0.3, 0.4) is 0 Å². The molecule has 0 atom stereocenters. The summed E-state index contributed by atoms with van der Waals surface area (Å²) in [6.07, 6.45) is 0. The lowest BCUT2D eigenvalue weighted by Crippen LogP contribution is -2.03. The molecule has 4 heteroatoms. The number of methoxy groups -OCH3 is 1. The number of carbonyl (C=O) groups excluding carboxylic acids is 1. The first kappa shape index (κ1) is 14.1. The first-order valence-electron chi connectivity index (χ1n) is 5.66. The highest BCUT2D eigenvalue weighted by molar-refractivity contribution is 9.10. The van der Waals surface area contributed by atoms with Crippen molar-refractivity contribution in [3.05, 3.63) is 57.0 Å². The zero-order chi connectivity index (χ0) is 14.0. The molecule has 19 heavy (non-hydrogen) atoms. The van der Waals surface area contributed by atoms with Crippen LogP contribution in [-0.2, 0) is 4.74 Å². The molecule has 2 aromatic rings. The molecule has 2 rings (SSSR count). The van der Waals surface area contributed by atoms with Crippen LogP contribution in [0.2, 0.25) is 5.02 Å². The maximum atomic E-state index is 11.8. The fourth-order valence-electron chi connectivity index (χ4n) is 1.94. The molecule has 0 fully saturated rings. The Balaban J connectivity index is 2.64. The first-order valence-corrected chi connectivity index (χ1v) is 6.84. The van der Waals surface area contributed by atoms with E-state index < -0.39 is 5.97 Å². The summed E-state index contributed by atoms with van der Waals surface area (Å²) in [5.41, 5.74) is 3.33. The van der Waals surface area contributed by atoms with Gasteiger partial charge >= 0.3 is 5.97 Å². The molecule has 0 spiro atoms. The molecule has 0 amide bonds. The van der Waals surface area contributed by atoms with Crippen molar-refractivity contribution in [2.45, 2.75) is 6.92 Å².